The van der Waals surface area contributed by atoms with Gasteiger partial charge in [-0.15, -0.1) is 0 Å². The van der Waals surface area contributed by atoms with Gasteiger partial charge in [-0.2, -0.15) is 0 Å². The summed E-state index contributed by atoms with van der Waals surface area (Å²) in [7, 11) is 0. The van der Waals surface area contributed by atoms with Gasteiger partial charge in [0.2, 0.25) is 0 Å². The van der Waals surface area contributed by atoms with E-state index in [1.807, 2.05) is 52.8 Å². The summed E-state index contributed by atoms with van der Waals surface area (Å²) in [4.78, 5) is 16.4. The number of aromatic nitrogens is 1. The highest BCUT2D eigenvalue weighted by Gasteiger charge is 2.18. The number of amides is 1. The minimum atomic E-state index is -0.576. The number of hydrogen-bond donors (Lipinski definition) is 3. The van der Waals surface area contributed by atoms with E-state index in [4.69, 9.17) is 14.9 Å². The molecule has 1 atom stereocenters. The topological polar surface area (TPSA) is 102 Å². The Hall–Kier alpha value is -3.32. The van der Waals surface area contributed by atoms with Gasteiger partial charge < -0.3 is 20.2 Å². The molecule has 0 radical (unpaired) electrons. The number of carbonyl (C=O) groups is 1. The Kier molecular flexibility index (Phi) is 9.48. The molecular weight excluding hydrogens is 416 g/mol. The third kappa shape index (κ3) is 7.95. The molecule has 1 aliphatic carbocycles. The standard InChI is InChI=1S/C24H30N4O3.C2H6/c1-5-16-7-6-8-17(10-9-16)21-15-26-22(30-21)27-19-11-12-20(18(13-19)14-25)28-23(29)31-24(2,3)4;1-2/h5,7,9-13,15,17H,1,6,8,14,25H2,2-4H3,(H,26,27)(H,28,29);1-2H3. The first kappa shape index (κ1) is 25.9. The van der Waals surface area contributed by atoms with Crippen molar-refractivity contribution in [1.82, 2.24) is 4.98 Å². The van der Waals surface area contributed by atoms with Gasteiger partial charge in [-0.25, -0.2) is 9.78 Å². The van der Waals surface area contributed by atoms with Crippen LogP contribution in [0, 0.1) is 0 Å². The Balaban J connectivity index is 0.00000187. The van der Waals surface area contributed by atoms with Crippen molar-refractivity contribution < 1.29 is 13.9 Å². The van der Waals surface area contributed by atoms with Crippen LogP contribution in [-0.4, -0.2) is 16.7 Å². The van der Waals surface area contributed by atoms with Gasteiger partial charge in [-0.3, -0.25) is 5.32 Å². The van der Waals surface area contributed by atoms with Gasteiger partial charge in [0.25, 0.3) is 6.01 Å². The fourth-order valence-electron chi connectivity index (χ4n) is 3.22. The van der Waals surface area contributed by atoms with E-state index in [-0.39, 0.29) is 12.5 Å². The number of nitrogens with one attached hydrogen (secondary N) is 2. The molecule has 1 amide bonds. The third-order valence-corrected chi connectivity index (χ3v) is 4.72. The summed E-state index contributed by atoms with van der Waals surface area (Å²) < 4.78 is 11.2. The van der Waals surface area contributed by atoms with Crippen molar-refractivity contribution in [3.8, 4) is 0 Å². The SMILES string of the molecule is C=CC1=CCCC(c2cnc(Nc3ccc(NC(=O)OC(C)(C)C)c(CN)c3)o2)C=C1.CC. The van der Waals surface area contributed by atoms with Crippen LogP contribution in [0.5, 0.6) is 0 Å². The summed E-state index contributed by atoms with van der Waals surface area (Å²) in [5.74, 6) is 0.969. The zero-order chi connectivity index (χ0) is 24.4. The first-order chi connectivity index (χ1) is 15.8. The summed E-state index contributed by atoms with van der Waals surface area (Å²) in [6.45, 7) is 13.5. The van der Waals surface area contributed by atoms with Gasteiger partial charge in [-0.05, 0) is 62.9 Å². The minimum absolute atomic E-state index is 0.164. The van der Waals surface area contributed by atoms with Crippen LogP contribution in [0.3, 0.4) is 0 Å². The summed E-state index contributed by atoms with van der Waals surface area (Å²) in [5.41, 5.74) is 8.54. The Morgan fingerprint density at radius 1 is 1.36 bits per heavy atom. The van der Waals surface area contributed by atoms with Crippen LogP contribution in [0.4, 0.5) is 22.2 Å². The number of allylic oxidation sites excluding steroid dienone is 5. The molecule has 0 saturated carbocycles. The molecule has 1 unspecified atom stereocenters. The van der Waals surface area contributed by atoms with Crippen molar-refractivity contribution in [2.75, 3.05) is 10.6 Å². The highest BCUT2D eigenvalue weighted by atomic mass is 16.6. The van der Waals surface area contributed by atoms with E-state index in [0.29, 0.717) is 11.7 Å². The minimum Gasteiger partial charge on any atom is -0.444 e. The first-order valence-electron chi connectivity index (χ1n) is 11.3. The zero-order valence-corrected chi connectivity index (χ0v) is 20.3. The second-order valence-corrected chi connectivity index (χ2v) is 8.35. The molecule has 3 rings (SSSR count). The average Bonchev–Trinajstić information content (AvgIpc) is 3.10. The molecule has 1 aromatic heterocycles. The van der Waals surface area contributed by atoms with Crippen molar-refractivity contribution in [2.45, 2.75) is 65.5 Å². The molecule has 2 aromatic rings. The van der Waals surface area contributed by atoms with E-state index < -0.39 is 11.7 Å². The van der Waals surface area contributed by atoms with Crippen molar-refractivity contribution in [3.63, 3.8) is 0 Å². The number of anilines is 3. The van der Waals surface area contributed by atoms with E-state index in [2.05, 4.69) is 40.4 Å². The Labute approximate surface area is 196 Å². The van der Waals surface area contributed by atoms with E-state index in [9.17, 15) is 4.79 Å². The number of oxazole rings is 1. The van der Waals surface area contributed by atoms with Crippen molar-refractivity contribution in [2.24, 2.45) is 5.73 Å². The lowest BCUT2D eigenvalue weighted by Crippen LogP contribution is -2.27. The normalized spacial score (nSPS) is 15.5. The molecule has 0 saturated heterocycles. The van der Waals surface area contributed by atoms with E-state index >= 15 is 0 Å². The number of benzene rings is 1. The lowest BCUT2D eigenvalue weighted by molar-refractivity contribution is 0.0636. The van der Waals surface area contributed by atoms with Crippen LogP contribution in [0.25, 0.3) is 0 Å². The van der Waals surface area contributed by atoms with Crippen LogP contribution in [0.2, 0.25) is 0 Å². The maximum absolute atomic E-state index is 12.1. The molecule has 0 spiro atoms. The van der Waals surface area contributed by atoms with Crippen molar-refractivity contribution in [1.29, 1.82) is 0 Å². The molecule has 1 heterocycles. The number of rotatable bonds is 6. The van der Waals surface area contributed by atoms with Gasteiger partial charge in [0, 0.05) is 23.8 Å². The first-order valence-corrected chi connectivity index (χ1v) is 11.3. The Morgan fingerprint density at radius 2 is 2.12 bits per heavy atom. The van der Waals surface area contributed by atoms with Crippen LogP contribution < -0.4 is 16.4 Å². The summed E-state index contributed by atoms with van der Waals surface area (Å²) in [5, 5.41) is 5.90. The van der Waals surface area contributed by atoms with Crippen molar-refractivity contribution in [3.05, 3.63) is 72.2 Å². The van der Waals surface area contributed by atoms with Gasteiger partial charge in [-0.1, -0.05) is 44.7 Å². The van der Waals surface area contributed by atoms with E-state index in [1.165, 1.54) is 0 Å². The summed E-state index contributed by atoms with van der Waals surface area (Å²) >= 11 is 0. The predicted octanol–water partition coefficient (Wildman–Crippen LogP) is 6.80. The summed E-state index contributed by atoms with van der Waals surface area (Å²) in [6.07, 6.45) is 11.3. The summed E-state index contributed by atoms with van der Waals surface area (Å²) in [6, 6.07) is 5.85. The monoisotopic (exact) mass is 452 g/mol. The molecule has 0 fully saturated rings. The van der Waals surface area contributed by atoms with Gasteiger partial charge in [0.15, 0.2) is 0 Å². The molecule has 1 aromatic carbocycles. The average molecular weight is 453 g/mol. The fourth-order valence-corrected chi connectivity index (χ4v) is 3.22. The molecule has 1 aliphatic rings. The maximum Gasteiger partial charge on any atom is 0.412 e. The zero-order valence-electron chi connectivity index (χ0n) is 20.3. The molecule has 33 heavy (non-hydrogen) atoms. The van der Waals surface area contributed by atoms with Crippen LogP contribution in [-0.2, 0) is 11.3 Å². The molecule has 178 valence electrons. The fraction of sp³-hybridized carbons (Fsp3) is 0.385. The van der Waals surface area contributed by atoms with Crippen LogP contribution >= 0.6 is 0 Å². The van der Waals surface area contributed by atoms with E-state index in [1.54, 1.807) is 12.3 Å². The predicted molar refractivity (Wildman–Crippen MR) is 135 cm³/mol. The Morgan fingerprint density at radius 3 is 2.79 bits per heavy atom. The lowest BCUT2D eigenvalue weighted by Gasteiger charge is -2.20. The second-order valence-electron chi connectivity index (χ2n) is 8.35. The number of nitrogens with two attached hydrogens (primary N) is 1. The van der Waals surface area contributed by atoms with E-state index in [0.717, 1.165) is 35.4 Å². The Bertz CT molecular complexity index is 999. The van der Waals surface area contributed by atoms with Gasteiger partial charge >= 0.3 is 6.09 Å². The van der Waals surface area contributed by atoms with Crippen molar-refractivity contribution >= 4 is 23.5 Å². The second kappa shape index (κ2) is 12.1. The van der Waals surface area contributed by atoms with Gasteiger partial charge in [0.1, 0.15) is 11.4 Å². The highest BCUT2D eigenvalue weighted by Crippen LogP contribution is 2.30. The molecule has 0 bridgehead atoms. The quantitative estimate of drug-likeness (QED) is 0.445. The molecule has 7 nitrogen and oxygen atoms in total. The third-order valence-electron chi connectivity index (χ3n) is 4.72. The maximum atomic E-state index is 12.1. The smallest absolute Gasteiger partial charge is 0.412 e. The van der Waals surface area contributed by atoms with Crippen LogP contribution in [0.15, 0.2) is 65.3 Å². The molecule has 7 heteroatoms. The molecule has 4 N–H and O–H groups in total. The molecule has 0 aliphatic heterocycles. The van der Waals surface area contributed by atoms with Crippen LogP contribution in [0.1, 0.15) is 64.7 Å². The largest absolute Gasteiger partial charge is 0.444 e. The lowest BCUT2D eigenvalue weighted by atomic mass is 10.0. The number of carbonyl (C=O) groups excluding carboxylic acids is 1. The van der Waals surface area contributed by atoms with Gasteiger partial charge in [0.05, 0.1) is 6.20 Å². The number of nitrogens with zero attached hydrogens (tertiary/aromatic N) is 1. The molecular formula is C26H36N4O3. The number of hydrogen-bond acceptors (Lipinski definition) is 6. The highest BCUT2D eigenvalue weighted by molar-refractivity contribution is 5.86. The number of ether oxygens (including phenoxy) is 1.